The SMILES string of the molecule is O=c1[nH]cc(-c2cccc(Cl)c2Cl)cc1-c1cccc(Cl)c1Cl. The van der Waals surface area contributed by atoms with Gasteiger partial charge in [0.2, 0.25) is 0 Å². The molecule has 0 amide bonds. The first-order valence-electron chi connectivity index (χ1n) is 6.60. The molecule has 0 bridgehead atoms. The van der Waals surface area contributed by atoms with Crippen LogP contribution in [0.5, 0.6) is 0 Å². The molecule has 0 radical (unpaired) electrons. The molecule has 0 saturated carbocycles. The van der Waals surface area contributed by atoms with Crippen molar-refractivity contribution in [1.29, 1.82) is 0 Å². The number of halogens is 4. The normalized spacial score (nSPS) is 10.8. The van der Waals surface area contributed by atoms with Crippen molar-refractivity contribution < 1.29 is 0 Å². The topological polar surface area (TPSA) is 32.9 Å². The van der Waals surface area contributed by atoms with Crippen LogP contribution >= 0.6 is 46.4 Å². The van der Waals surface area contributed by atoms with Crippen molar-refractivity contribution in [2.45, 2.75) is 0 Å². The van der Waals surface area contributed by atoms with Crippen LogP contribution in [0.25, 0.3) is 22.3 Å². The van der Waals surface area contributed by atoms with Gasteiger partial charge in [0.15, 0.2) is 0 Å². The van der Waals surface area contributed by atoms with Crippen molar-refractivity contribution in [3.63, 3.8) is 0 Å². The Labute approximate surface area is 152 Å². The molecule has 0 unspecified atom stereocenters. The lowest BCUT2D eigenvalue weighted by molar-refractivity contribution is 1.24. The second kappa shape index (κ2) is 6.58. The zero-order chi connectivity index (χ0) is 16.6. The van der Waals surface area contributed by atoms with Crippen molar-refractivity contribution in [3.8, 4) is 22.3 Å². The van der Waals surface area contributed by atoms with Gasteiger partial charge in [0.05, 0.1) is 20.1 Å². The van der Waals surface area contributed by atoms with Crippen LogP contribution in [0, 0.1) is 0 Å². The van der Waals surface area contributed by atoms with Gasteiger partial charge in [-0.05, 0) is 18.2 Å². The molecule has 2 aromatic carbocycles. The summed E-state index contributed by atoms with van der Waals surface area (Å²) in [6, 6.07) is 12.2. The highest BCUT2D eigenvalue weighted by Gasteiger charge is 2.13. The molecule has 0 aliphatic carbocycles. The lowest BCUT2D eigenvalue weighted by Crippen LogP contribution is -2.08. The van der Waals surface area contributed by atoms with E-state index in [1.54, 1.807) is 42.6 Å². The van der Waals surface area contributed by atoms with Gasteiger partial charge in [0.1, 0.15) is 0 Å². The molecule has 0 saturated heterocycles. The number of H-pyrrole nitrogens is 1. The first-order chi connectivity index (χ1) is 11.0. The van der Waals surface area contributed by atoms with Crippen molar-refractivity contribution >= 4 is 46.4 Å². The first-order valence-corrected chi connectivity index (χ1v) is 8.11. The van der Waals surface area contributed by atoms with Gasteiger partial charge in [-0.25, -0.2) is 0 Å². The molecule has 2 nitrogen and oxygen atoms in total. The van der Waals surface area contributed by atoms with E-state index in [9.17, 15) is 4.79 Å². The molecule has 0 aliphatic rings. The number of nitrogens with one attached hydrogen (secondary N) is 1. The van der Waals surface area contributed by atoms with E-state index >= 15 is 0 Å². The minimum Gasteiger partial charge on any atom is -0.328 e. The third-order valence-electron chi connectivity index (χ3n) is 3.41. The van der Waals surface area contributed by atoms with E-state index in [2.05, 4.69) is 4.98 Å². The maximum absolute atomic E-state index is 12.2. The van der Waals surface area contributed by atoms with Crippen LogP contribution < -0.4 is 5.56 Å². The Hall–Kier alpha value is -1.45. The average molecular weight is 385 g/mol. The minimum atomic E-state index is -0.268. The Morgan fingerprint density at radius 3 is 1.96 bits per heavy atom. The van der Waals surface area contributed by atoms with E-state index in [0.717, 1.165) is 11.1 Å². The van der Waals surface area contributed by atoms with Crippen LogP contribution in [0.2, 0.25) is 20.1 Å². The van der Waals surface area contributed by atoms with Gasteiger partial charge in [0.25, 0.3) is 5.56 Å². The fraction of sp³-hybridized carbons (Fsp3) is 0. The van der Waals surface area contributed by atoms with Gasteiger partial charge in [-0.15, -0.1) is 0 Å². The molecule has 1 heterocycles. The number of hydrogen-bond acceptors (Lipinski definition) is 1. The van der Waals surface area contributed by atoms with Gasteiger partial charge >= 0.3 is 0 Å². The lowest BCUT2D eigenvalue weighted by atomic mass is 10.0. The van der Waals surface area contributed by atoms with Crippen molar-refractivity contribution in [2.24, 2.45) is 0 Å². The molecule has 1 aromatic heterocycles. The number of hydrogen-bond donors (Lipinski definition) is 1. The molecule has 3 rings (SSSR count). The Morgan fingerprint density at radius 2 is 1.30 bits per heavy atom. The van der Waals surface area contributed by atoms with Gasteiger partial charge in [0, 0.05) is 28.5 Å². The fourth-order valence-corrected chi connectivity index (χ4v) is 3.09. The predicted molar refractivity (Wildman–Crippen MR) is 98.0 cm³/mol. The maximum Gasteiger partial charge on any atom is 0.255 e. The van der Waals surface area contributed by atoms with Crippen LogP contribution in [0.1, 0.15) is 0 Å². The van der Waals surface area contributed by atoms with E-state index < -0.39 is 0 Å². The average Bonchev–Trinajstić information content (AvgIpc) is 2.54. The van der Waals surface area contributed by atoms with Gasteiger partial charge in [-0.2, -0.15) is 0 Å². The molecule has 23 heavy (non-hydrogen) atoms. The molecule has 116 valence electrons. The number of benzene rings is 2. The summed E-state index contributed by atoms with van der Waals surface area (Å²) in [6.45, 7) is 0. The summed E-state index contributed by atoms with van der Waals surface area (Å²) in [4.78, 5) is 14.9. The number of aromatic nitrogens is 1. The number of aromatic amines is 1. The number of pyridine rings is 1. The summed E-state index contributed by atoms with van der Waals surface area (Å²) in [5.41, 5.74) is 2.14. The van der Waals surface area contributed by atoms with E-state index in [1.165, 1.54) is 0 Å². The van der Waals surface area contributed by atoms with Crippen LogP contribution in [-0.4, -0.2) is 4.98 Å². The van der Waals surface area contributed by atoms with Crippen LogP contribution in [-0.2, 0) is 0 Å². The molecule has 6 heteroatoms. The summed E-state index contributed by atoms with van der Waals surface area (Å²) in [5, 5.41) is 1.57. The van der Waals surface area contributed by atoms with Crippen LogP contribution in [0.15, 0.2) is 53.5 Å². The quantitative estimate of drug-likeness (QED) is 0.550. The fourth-order valence-electron chi connectivity index (χ4n) is 2.28. The Morgan fingerprint density at radius 1 is 0.739 bits per heavy atom. The number of rotatable bonds is 2. The lowest BCUT2D eigenvalue weighted by Gasteiger charge is -2.09. The minimum absolute atomic E-state index is 0.268. The third kappa shape index (κ3) is 3.13. The third-order valence-corrected chi connectivity index (χ3v) is 5.05. The highest BCUT2D eigenvalue weighted by molar-refractivity contribution is 6.44. The molecular weight excluding hydrogens is 376 g/mol. The second-order valence-electron chi connectivity index (χ2n) is 4.83. The maximum atomic E-state index is 12.2. The first kappa shape index (κ1) is 16.4. The summed E-state index contributed by atoms with van der Waals surface area (Å²) in [5.74, 6) is 0. The van der Waals surface area contributed by atoms with Gasteiger partial charge < -0.3 is 4.98 Å². The monoisotopic (exact) mass is 383 g/mol. The predicted octanol–water partition coefficient (Wildman–Crippen LogP) is 6.32. The largest absolute Gasteiger partial charge is 0.328 e. The van der Waals surface area contributed by atoms with E-state index in [1.807, 2.05) is 6.07 Å². The van der Waals surface area contributed by atoms with Crippen molar-refractivity contribution in [3.05, 3.63) is 79.1 Å². The van der Waals surface area contributed by atoms with E-state index in [-0.39, 0.29) is 5.56 Å². The summed E-state index contributed by atoms with van der Waals surface area (Å²) < 4.78 is 0. The van der Waals surface area contributed by atoms with Crippen LogP contribution in [0.4, 0.5) is 0 Å². The second-order valence-corrected chi connectivity index (χ2v) is 6.40. The van der Waals surface area contributed by atoms with Crippen LogP contribution in [0.3, 0.4) is 0 Å². The summed E-state index contributed by atoms with van der Waals surface area (Å²) in [7, 11) is 0. The molecule has 3 aromatic rings. The van der Waals surface area contributed by atoms with Crippen molar-refractivity contribution in [1.82, 2.24) is 4.98 Å². The summed E-state index contributed by atoms with van der Waals surface area (Å²) >= 11 is 24.6. The van der Waals surface area contributed by atoms with E-state index in [4.69, 9.17) is 46.4 Å². The molecule has 0 atom stereocenters. The Kier molecular flexibility index (Phi) is 4.69. The Bertz CT molecular complexity index is 950. The van der Waals surface area contributed by atoms with Gasteiger partial charge in [-0.3, -0.25) is 4.79 Å². The smallest absolute Gasteiger partial charge is 0.255 e. The summed E-state index contributed by atoms with van der Waals surface area (Å²) in [6.07, 6.45) is 1.59. The Balaban J connectivity index is 2.23. The molecule has 0 spiro atoms. The molecule has 1 N–H and O–H groups in total. The van der Waals surface area contributed by atoms with Crippen molar-refractivity contribution in [2.75, 3.05) is 0 Å². The van der Waals surface area contributed by atoms with E-state index in [0.29, 0.717) is 31.2 Å². The standard InChI is InChI=1S/C17H9Cl4NO/c18-13-5-1-3-10(15(13)20)9-7-12(17(23)22-8-9)11-4-2-6-14(19)16(11)21/h1-8H,(H,22,23). The molecule has 0 aliphatic heterocycles. The highest BCUT2D eigenvalue weighted by atomic mass is 35.5. The molecule has 0 fully saturated rings. The zero-order valence-corrected chi connectivity index (χ0v) is 14.6. The molecular formula is C17H9Cl4NO. The van der Waals surface area contributed by atoms with Gasteiger partial charge in [-0.1, -0.05) is 70.7 Å². The highest BCUT2D eigenvalue weighted by Crippen LogP contribution is 2.36. The zero-order valence-electron chi connectivity index (χ0n) is 11.5.